The zero-order chi connectivity index (χ0) is 25.4. The molecular weight excluding hydrogens is 436 g/mol. The van der Waals surface area contributed by atoms with Crippen LogP contribution in [0.1, 0.15) is 111 Å². The second-order valence-corrected chi connectivity index (χ2v) is 11.3. The van der Waals surface area contributed by atoms with Crippen LogP contribution in [0.5, 0.6) is 0 Å². The van der Waals surface area contributed by atoms with Crippen molar-refractivity contribution in [2.45, 2.75) is 123 Å². The third-order valence-corrected chi connectivity index (χ3v) is 8.03. The zero-order valence-corrected chi connectivity index (χ0v) is 23.5. The van der Waals surface area contributed by atoms with Gasteiger partial charge >= 0.3 is 0 Å². The van der Waals surface area contributed by atoms with Gasteiger partial charge in [-0.1, -0.05) is 158 Å². The van der Waals surface area contributed by atoms with Gasteiger partial charge in [-0.3, -0.25) is 5.01 Å². The highest BCUT2D eigenvalue weighted by molar-refractivity contribution is 6.05. The molecule has 1 aliphatic heterocycles. The number of unbranched alkanes of at least 4 members (excludes halogenated alkanes) is 1. The lowest BCUT2D eigenvalue weighted by Gasteiger charge is -2.37. The molecular formula is C34H52N2. The van der Waals surface area contributed by atoms with E-state index in [1.54, 1.807) is 0 Å². The Bertz CT molecular complexity index is 823. The van der Waals surface area contributed by atoms with Crippen LogP contribution < -0.4 is 0 Å². The molecule has 0 aromatic heterocycles. The third kappa shape index (κ3) is 9.09. The van der Waals surface area contributed by atoms with Crippen LogP contribution >= 0.6 is 0 Å². The van der Waals surface area contributed by atoms with Crippen molar-refractivity contribution in [2.24, 2.45) is 16.9 Å². The lowest BCUT2D eigenvalue weighted by molar-refractivity contribution is 0.0862. The Labute approximate surface area is 222 Å². The highest BCUT2D eigenvalue weighted by Gasteiger charge is 2.41. The molecule has 0 spiro atoms. The van der Waals surface area contributed by atoms with Gasteiger partial charge in [-0.05, 0) is 30.8 Å². The molecule has 0 aromatic rings. The van der Waals surface area contributed by atoms with Gasteiger partial charge in [0.05, 0.1) is 11.8 Å². The van der Waals surface area contributed by atoms with E-state index in [1.165, 1.54) is 101 Å². The maximum atomic E-state index is 5.55. The molecule has 1 fully saturated rings. The fourth-order valence-corrected chi connectivity index (χ4v) is 6.11. The minimum Gasteiger partial charge on any atom is -0.290 e. The van der Waals surface area contributed by atoms with Crippen LogP contribution in [-0.2, 0) is 0 Å². The number of hydrazone groups is 1. The van der Waals surface area contributed by atoms with E-state index in [1.807, 2.05) is 0 Å². The summed E-state index contributed by atoms with van der Waals surface area (Å²) in [7, 11) is 0. The predicted octanol–water partition coefficient (Wildman–Crippen LogP) is 9.88. The first kappa shape index (κ1) is 28.5. The van der Waals surface area contributed by atoms with Crippen LogP contribution in [0.2, 0.25) is 0 Å². The second kappa shape index (κ2) is 16.6. The van der Waals surface area contributed by atoms with Crippen molar-refractivity contribution in [2.75, 3.05) is 0 Å². The average Bonchev–Trinajstić information content (AvgIpc) is 3.23. The monoisotopic (exact) mass is 488 g/mol. The lowest BCUT2D eigenvalue weighted by atomic mass is 9.81. The molecule has 2 aliphatic carbocycles. The minimum atomic E-state index is 0.502. The summed E-state index contributed by atoms with van der Waals surface area (Å²) in [6.45, 7) is 7.17. The van der Waals surface area contributed by atoms with Gasteiger partial charge in [0.25, 0.3) is 0 Å². The Kier molecular flexibility index (Phi) is 13.1. The van der Waals surface area contributed by atoms with Crippen LogP contribution in [0, 0.1) is 11.8 Å². The van der Waals surface area contributed by atoms with Gasteiger partial charge in [-0.25, -0.2) is 0 Å². The van der Waals surface area contributed by atoms with E-state index in [0.717, 1.165) is 0 Å². The first-order valence-corrected chi connectivity index (χ1v) is 15.1. The molecule has 0 N–H and O–H groups in total. The van der Waals surface area contributed by atoms with E-state index in [-0.39, 0.29) is 0 Å². The molecule has 0 radical (unpaired) electrons. The second-order valence-electron chi connectivity index (χ2n) is 11.3. The van der Waals surface area contributed by atoms with Crippen LogP contribution in [0.15, 0.2) is 77.5 Å². The lowest BCUT2D eigenvalue weighted by Crippen LogP contribution is -2.43. The summed E-state index contributed by atoms with van der Waals surface area (Å²) in [4.78, 5) is 0. The van der Waals surface area contributed by atoms with Crippen molar-refractivity contribution in [1.82, 2.24) is 5.01 Å². The Morgan fingerprint density at radius 1 is 0.750 bits per heavy atom. The van der Waals surface area contributed by atoms with Gasteiger partial charge in [-0.15, -0.1) is 0 Å². The highest BCUT2D eigenvalue weighted by Crippen LogP contribution is 2.38. The molecule has 0 saturated heterocycles. The summed E-state index contributed by atoms with van der Waals surface area (Å²) in [6, 6.07) is 1.08. The average molecular weight is 489 g/mol. The highest BCUT2D eigenvalue weighted by atomic mass is 15.5. The van der Waals surface area contributed by atoms with Crippen molar-refractivity contribution in [1.29, 1.82) is 0 Å². The Balaban J connectivity index is 1.94. The number of rotatable bonds is 6. The van der Waals surface area contributed by atoms with Gasteiger partial charge in [0.2, 0.25) is 0 Å². The van der Waals surface area contributed by atoms with Crippen LogP contribution in [0.4, 0.5) is 0 Å². The molecule has 2 heteroatoms. The maximum Gasteiger partial charge on any atom is 0.0729 e. The van der Waals surface area contributed by atoms with Gasteiger partial charge in [-0.2, -0.15) is 5.10 Å². The smallest absolute Gasteiger partial charge is 0.0729 e. The summed E-state index contributed by atoms with van der Waals surface area (Å²) in [5.74, 6) is 1.09. The summed E-state index contributed by atoms with van der Waals surface area (Å²) in [5.41, 5.74) is 2.59. The SMILES string of the molecule is CCCCC1C(C2=C/C=C\C=C/C=C\C=C/C=C\2)=NN(C2CCCCCCCCCCC2)C1C(C)C. The number of allylic oxidation sites excluding steroid dienone is 12. The number of hydrogen-bond donors (Lipinski definition) is 0. The summed E-state index contributed by atoms with van der Waals surface area (Å²) in [6.07, 6.45) is 42.5. The first-order chi connectivity index (χ1) is 17.7. The Morgan fingerprint density at radius 2 is 1.28 bits per heavy atom. The van der Waals surface area contributed by atoms with Crippen LogP contribution in [0.25, 0.3) is 0 Å². The summed E-state index contributed by atoms with van der Waals surface area (Å²) in [5, 5.41) is 8.17. The molecule has 0 aromatic carbocycles. The molecule has 2 atom stereocenters. The molecule has 198 valence electrons. The molecule has 0 amide bonds. The largest absolute Gasteiger partial charge is 0.290 e. The van der Waals surface area contributed by atoms with Crippen molar-refractivity contribution in [3.8, 4) is 0 Å². The van der Waals surface area contributed by atoms with Gasteiger partial charge < -0.3 is 0 Å². The van der Waals surface area contributed by atoms with Gasteiger partial charge in [0.15, 0.2) is 0 Å². The maximum absolute atomic E-state index is 5.55. The zero-order valence-electron chi connectivity index (χ0n) is 23.5. The fraction of sp³-hybridized carbons (Fsp3) is 0.618. The van der Waals surface area contributed by atoms with E-state index in [0.29, 0.717) is 23.9 Å². The Hall–Kier alpha value is -2.09. The van der Waals surface area contributed by atoms with E-state index < -0.39 is 0 Å². The standard InChI is InChI=1S/C34H52N2/c1-4-5-28-32-33(30-24-20-16-12-8-6-9-13-17-21-25-30)35-36(34(32)29(2)3)31-26-22-18-14-10-7-11-15-19-23-27-31/h6,8-9,12-13,16-17,20-21,24-25,29,31-32,34H,4-5,7,10-11,14-15,18-19,22-23,26-28H2,1-3H3/b8-6-,9-6?,12-8?,13-9-,16-12-,17-13?,20-16?,21-17-,24-20-,25-21?,30-24?,30-25+. The molecule has 1 saturated carbocycles. The van der Waals surface area contributed by atoms with Gasteiger partial charge in [0.1, 0.15) is 0 Å². The molecule has 0 bridgehead atoms. The topological polar surface area (TPSA) is 15.6 Å². The number of nitrogens with zero attached hydrogens (tertiary/aromatic N) is 2. The molecule has 3 aliphatic rings. The van der Waals surface area contributed by atoms with E-state index in [9.17, 15) is 0 Å². The Morgan fingerprint density at radius 3 is 1.83 bits per heavy atom. The third-order valence-electron chi connectivity index (χ3n) is 8.03. The number of hydrogen-bond acceptors (Lipinski definition) is 2. The fourth-order valence-electron chi connectivity index (χ4n) is 6.11. The minimum absolute atomic E-state index is 0.502. The predicted molar refractivity (Wildman–Crippen MR) is 159 cm³/mol. The van der Waals surface area contributed by atoms with E-state index >= 15 is 0 Å². The van der Waals surface area contributed by atoms with Crippen molar-refractivity contribution < 1.29 is 0 Å². The van der Waals surface area contributed by atoms with Crippen LogP contribution in [-0.4, -0.2) is 22.8 Å². The van der Waals surface area contributed by atoms with Crippen molar-refractivity contribution in [3.05, 3.63) is 72.4 Å². The summed E-state index contributed by atoms with van der Waals surface area (Å²) >= 11 is 0. The van der Waals surface area contributed by atoms with E-state index in [4.69, 9.17) is 5.10 Å². The van der Waals surface area contributed by atoms with Crippen LogP contribution in [0.3, 0.4) is 0 Å². The molecule has 1 heterocycles. The van der Waals surface area contributed by atoms with Crippen molar-refractivity contribution in [3.63, 3.8) is 0 Å². The molecule has 2 unspecified atom stereocenters. The molecule has 3 rings (SSSR count). The molecule has 2 nitrogen and oxygen atoms in total. The van der Waals surface area contributed by atoms with Crippen molar-refractivity contribution >= 4 is 5.71 Å². The quantitative estimate of drug-likeness (QED) is 0.363. The summed E-state index contributed by atoms with van der Waals surface area (Å²) < 4.78 is 0. The molecule has 36 heavy (non-hydrogen) atoms. The first-order valence-electron chi connectivity index (χ1n) is 15.1. The van der Waals surface area contributed by atoms with Gasteiger partial charge in [0, 0.05) is 12.0 Å². The van der Waals surface area contributed by atoms with E-state index in [2.05, 4.69) is 92.6 Å². The normalized spacial score (nSPS) is 31.1.